The summed E-state index contributed by atoms with van der Waals surface area (Å²) >= 11 is 0. The quantitative estimate of drug-likeness (QED) is 0.598. The Hall–Kier alpha value is -0.910. The van der Waals surface area contributed by atoms with Crippen LogP contribution in [0.4, 0.5) is 0 Å². The van der Waals surface area contributed by atoms with E-state index in [0.717, 1.165) is 38.1 Å². The van der Waals surface area contributed by atoms with Crippen molar-refractivity contribution < 1.29 is 4.74 Å². The summed E-state index contributed by atoms with van der Waals surface area (Å²) in [4.78, 5) is 0. The van der Waals surface area contributed by atoms with E-state index in [4.69, 9.17) is 10.6 Å². The lowest BCUT2D eigenvalue weighted by Crippen LogP contribution is -2.57. The van der Waals surface area contributed by atoms with Crippen LogP contribution >= 0.6 is 0 Å². The monoisotopic (exact) mass is 294 g/mol. The molecule has 0 bridgehead atoms. The maximum absolute atomic E-state index is 6.20. The molecule has 1 aromatic rings. The Labute approximate surface area is 128 Å². The van der Waals surface area contributed by atoms with Gasteiger partial charge in [0.2, 0.25) is 0 Å². The van der Waals surface area contributed by atoms with Gasteiger partial charge in [-0.1, -0.05) is 19.3 Å². The van der Waals surface area contributed by atoms with Crippen LogP contribution in [0.3, 0.4) is 0 Å². The Morgan fingerprint density at radius 3 is 2.67 bits per heavy atom. The van der Waals surface area contributed by atoms with Crippen molar-refractivity contribution in [3.8, 4) is 0 Å². The molecule has 5 heteroatoms. The number of hydrazine groups is 1. The first kappa shape index (κ1) is 16.5. The van der Waals surface area contributed by atoms with Crippen LogP contribution in [0.25, 0.3) is 0 Å². The van der Waals surface area contributed by atoms with Gasteiger partial charge < -0.3 is 4.74 Å². The number of nitrogens with one attached hydrogen (secondary N) is 1. The van der Waals surface area contributed by atoms with Gasteiger partial charge >= 0.3 is 0 Å². The van der Waals surface area contributed by atoms with Crippen molar-refractivity contribution in [1.29, 1.82) is 0 Å². The van der Waals surface area contributed by atoms with Gasteiger partial charge in [0.05, 0.1) is 17.3 Å². The molecule has 0 saturated heterocycles. The van der Waals surface area contributed by atoms with Gasteiger partial charge in [0.15, 0.2) is 0 Å². The van der Waals surface area contributed by atoms with Crippen LogP contribution in [0.2, 0.25) is 0 Å². The van der Waals surface area contributed by atoms with Gasteiger partial charge in [0.1, 0.15) is 0 Å². The van der Waals surface area contributed by atoms with Crippen molar-refractivity contribution in [3.05, 3.63) is 17.5 Å². The van der Waals surface area contributed by atoms with Gasteiger partial charge in [-0.2, -0.15) is 5.10 Å². The fourth-order valence-corrected chi connectivity index (χ4v) is 3.67. The number of hydrogen-bond acceptors (Lipinski definition) is 4. The first-order valence-electron chi connectivity index (χ1n) is 8.28. The van der Waals surface area contributed by atoms with Crippen molar-refractivity contribution in [3.63, 3.8) is 0 Å². The highest BCUT2D eigenvalue weighted by Crippen LogP contribution is 2.35. The molecule has 5 nitrogen and oxygen atoms in total. The standard InChI is InChI=1S/C16H30N4O/c1-4-20-14(11-13(3)19-20)12-15(18-17)16(21-5-2)9-7-6-8-10-16/h11,15,18H,4-10,12,17H2,1-3H3. The zero-order chi connectivity index (χ0) is 15.3. The molecule has 120 valence electrons. The second-order valence-corrected chi connectivity index (χ2v) is 6.07. The van der Waals surface area contributed by atoms with Crippen LogP contribution < -0.4 is 11.3 Å². The maximum atomic E-state index is 6.20. The van der Waals surface area contributed by atoms with Crippen molar-refractivity contribution in [2.45, 2.75) is 77.5 Å². The molecule has 0 aliphatic heterocycles. The Bertz CT molecular complexity index is 432. The number of ether oxygens (including phenoxy) is 1. The summed E-state index contributed by atoms with van der Waals surface area (Å²) < 4.78 is 8.28. The molecule has 1 heterocycles. The maximum Gasteiger partial charge on any atom is 0.0851 e. The molecular weight excluding hydrogens is 264 g/mol. The third-order valence-corrected chi connectivity index (χ3v) is 4.67. The lowest BCUT2D eigenvalue weighted by Gasteiger charge is -2.43. The van der Waals surface area contributed by atoms with Crippen LogP contribution in [0.5, 0.6) is 0 Å². The molecule has 1 aliphatic rings. The van der Waals surface area contributed by atoms with Crippen LogP contribution in [0, 0.1) is 6.92 Å². The zero-order valence-electron chi connectivity index (χ0n) is 13.7. The minimum atomic E-state index is -0.126. The number of aromatic nitrogens is 2. The summed E-state index contributed by atoms with van der Waals surface area (Å²) in [7, 11) is 0. The van der Waals surface area contributed by atoms with E-state index in [1.165, 1.54) is 25.0 Å². The van der Waals surface area contributed by atoms with E-state index >= 15 is 0 Å². The molecule has 1 aliphatic carbocycles. The van der Waals surface area contributed by atoms with Crippen LogP contribution in [0.15, 0.2) is 6.07 Å². The molecule has 0 aromatic carbocycles. The van der Waals surface area contributed by atoms with E-state index < -0.39 is 0 Å². The van der Waals surface area contributed by atoms with Crippen molar-refractivity contribution >= 4 is 0 Å². The fourth-order valence-electron chi connectivity index (χ4n) is 3.67. The summed E-state index contributed by atoms with van der Waals surface area (Å²) in [5, 5.41) is 4.54. The number of nitrogens with zero attached hydrogens (tertiary/aromatic N) is 2. The third-order valence-electron chi connectivity index (χ3n) is 4.67. The molecule has 0 radical (unpaired) electrons. The first-order valence-corrected chi connectivity index (χ1v) is 8.28. The lowest BCUT2D eigenvalue weighted by molar-refractivity contribution is -0.0901. The van der Waals surface area contributed by atoms with Crippen LogP contribution in [-0.2, 0) is 17.7 Å². The van der Waals surface area contributed by atoms with E-state index in [-0.39, 0.29) is 11.6 Å². The minimum Gasteiger partial charge on any atom is -0.374 e. The smallest absolute Gasteiger partial charge is 0.0851 e. The molecule has 1 fully saturated rings. The van der Waals surface area contributed by atoms with Crippen LogP contribution in [-0.4, -0.2) is 28.0 Å². The van der Waals surface area contributed by atoms with Gasteiger partial charge in [-0.15, -0.1) is 0 Å². The van der Waals surface area contributed by atoms with E-state index in [1.54, 1.807) is 0 Å². The van der Waals surface area contributed by atoms with Crippen molar-refractivity contribution in [2.24, 2.45) is 5.84 Å². The number of nitrogens with two attached hydrogens (primary N) is 1. The summed E-state index contributed by atoms with van der Waals surface area (Å²) in [5.41, 5.74) is 5.22. The molecule has 21 heavy (non-hydrogen) atoms. The molecule has 3 N–H and O–H groups in total. The Morgan fingerprint density at radius 2 is 2.10 bits per heavy atom. The molecule has 0 spiro atoms. The summed E-state index contributed by atoms with van der Waals surface area (Å²) in [5.74, 6) is 5.91. The van der Waals surface area contributed by atoms with Crippen LogP contribution in [0.1, 0.15) is 57.3 Å². The van der Waals surface area contributed by atoms with Gasteiger partial charge in [0.25, 0.3) is 0 Å². The van der Waals surface area contributed by atoms with Gasteiger partial charge in [-0.3, -0.25) is 16.0 Å². The predicted octanol–water partition coefficient (Wildman–Crippen LogP) is 2.33. The second-order valence-electron chi connectivity index (χ2n) is 6.07. The highest BCUT2D eigenvalue weighted by Gasteiger charge is 2.40. The van der Waals surface area contributed by atoms with Crippen molar-refractivity contribution in [1.82, 2.24) is 15.2 Å². The third kappa shape index (κ3) is 3.65. The highest BCUT2D eigenvalue weighted by molar-refractivity contribution is 5.12. The normalized spacial score (nSPS) is 19.6. The molecule has 1 aromatic heterocycles. The Balaban J connectivity index is 2.19. The first-order chi connectivity index (χ1) is 10.1. The van der Waals surface area contributed by atoms with Gasteiger partial charge in [0, 0.05) is 25.3 Å². The van der Waals surface area contributed by atoms with Gasteiger partial charge in [-0.25, -0.2) is 0 Å². The van der Waals surface area contributed by atoms with Crippen molar-refractivity contribution in [2.75, 3.05) is 6.61 Å². The van der Waals surface area contributed by atoms with E-state index in [1.807, 2.05) is 6.92 Å². The average Bonchev–Trinajstić information content (AvgIpc) is 2.85. The highest BCUT2D eigenvalue weighted by atomic mass is 16.5. The molecule has 1 unspecified atom stereocenters. The Morgan fingerprint density at radius 1 is 1.38 bits per heavy atom. The predicted molar refractivity (Wildman–Crippen MR) is 84.9 cm³/mol. The fraction of sp³-hybridized carbons (Fsp3) is 0.812. The number of rotatable bonds is 7. The Kier molecular flexibility index (Phi) is 5.79. The average molecular weight is 294 g/mol. The van der Waals surface area contributed by atoms with E-state index in [2.05, 4.69) is 35.1 Å². The SMILES string of the molecule is CCOC1(C(Cc2cc(C)nn2CC)NN)CCCCC1. The number of aryl methyl sites for hydroxylation is 2. The summed E-state index contributed by atoms with van der Waals surface area (Å²) in [6.07, 6.45) is 6.81. The van der Waals surface area contributed by atoms with E-state index in [9.17, 15) is 0 Å². The molecular formula is C16H30N4O. The summed E-state index contributed by atoms with van der Waals surface area (Å²) in [6.45, 7) is 7.87. The topological polar surface area (TPSA) is 65.1 Å². The van der Waals surface area contributed by atoms with Gasteiger partial charge in [-0.05, 0) is 39.7 Å². The summed E-state index contributed by atoms with van der Waals surface area (Å²) in [6, 6.07) is 2.30. The molecule has 1 saturated carbocycles. The lowest BCUT2D eigenvalue weighted by atomic mass is 9.77. The molecule has 2 rings (SSSR count). The number of hydrogen-bond donors (Lipinski definition) is 2. The van der Waals surface area contributed by atoms with E-state index in [0.29, 0.717) is 0 Å². The minimum absolute atomic E-state index is 0.126. The largest absolute Gasteiger partial charge is 0.374 e. The zero-order valence-corrected chi connectivity index (χ0v) is 13.7. The second kappa shape index (κ2) is 7.38. The molecule has 1 atom stereocenters. The molecule has 0 amide bonds.